The average molecular weight is 238 g/mol. The van der Waals surface area contributed by atoms with E-state index in [-0.39, 0.29) is 5.60 Å². The minimum Gasteiger partial charge on any atom is -0.375 e. The van der Waals surface area contributed by atoms with Crippen molar-refractivity contribution in [3.63, 3.8) is 0 Å². The second-order valence-corrected chi connectivity index (χ2v) is 6.08. The fraction of sp³-hybridized carbons (Fsp3) is 1.00. The van der Waals surface area contributed by atoms with Crippen LogP contribution in [-0.2, 0) is 4.74 Å². The van der Waals surface area contributed by atoms with Crippen molar-refractivity contribution in [3.05, 3.63) is 0 Å². The van der Waals surface area contributed by atoms with Gasteiger partial charge < -0.3 is 10.1 Å². The SMILES string of the molecule is CNC1CCC2(CCCO2)CC1N1CCCC1. The lowest BCUT2D eigenvalue weighted by molar-refractivity contribution is -0.0567. The Hall–Kier alpha value is -0.120. The van der Waals surface area contributed by atoms with Crippen LogP contribution in [0.3, 0.4) is 0 Å². The summed E-state index contributed by atoms with van der Waals surface area (Å²) in [4.78, 5) is 2.71. The van der Waals surface area contributed by atoms with Crippen LogP contribution >= 0.6 is 0 Å². The number of nitrogens with zero attached hydrogens (tertiary/aromatic N) is 1. The first kappa shape index (κ1) is 11.9. The van der Waals surface area contributed by atoms with Crippen LogP contribution in [0.2, 0.25) is 0 Å². The normalized spacial score (nSPS) is 43.6. The van der Waals surface area contributed by atoms with Gasteiger partial charge in [-0.05, 0) is 65.1 Å². The first-order valence-corrected chi connectivity index (χ1v) is 7.38. The van der Waals surface area contributed by atoms with Gasteiger partial charge in [0.05, 0.1) is 5.60 Å². The molecule has 1 aliphatic carbocycles. The van der Waals surface area contributed by atoms with E-state index in [4.69, 9.17) is 4.74 Å². The van der Waals surface area contributed by atoms with Crippen molar-refractivity contribution in [2.45, 2.75) is 62.6 Å². The highest BCUT2D eigenvalue weighted by Gasteiger charge is 2.45. The lowest BCUT2D eigenvalue weighted by Gasteiger charge is -2.45. The molecule has 3 heteroatoms. The highest BCUT2D eigenvalue weighted by molar-refractivity contribution is 5.00. The molecular formula is C14H26N2O. The first-order valence-electron chi connectivity index (χ1n) is 7.38. The Labute approximate surface area is 105 Å². The van der Waals surface area contributed by atoms with E-state index in [1.807, 2.05) is 0 Å². The Morgan fingerprint density at radius 1 is 1.18 bits per heavy atom. The second kappa shape index (κ2) is 4.87. The van der Waals surface area contributed by atoms with Crippen LogP contribution < -0.4 is 5.32 Å². The van der Waals surface area contributed by atoms with Gasteiger partial charge in [0.25, 0.3) is 0 Å². The number of hydrogen-bond donors (Lipinski definition) is 1. The lowest BCUT2D eigenvalue weighted by Crippen LogP contribution is -2.56. The Bertz CT molecular complexity index is 255. The fourth-order valence-electron chi connectivity index (χ4n) is 4.14. The Balaban J connectivity index is 1.72. The van der Waals surface area contributed by atoms with E-state index >= 15 is 0 Å². The van der Waals surface area contributed by atoms with Gasteiger partial charge in [-0.3, -0.25) is 4.90 Å². The van der Waals surface area contributed by atoms with Gasteiger partial charge >= 0.3 is 0 Å². The summed E-state index contributed by atoms with van der Waals surface area (Å²) in [6, 6.07) is 1.40. The van der Waals surface area contributed by atoms with Crippen LogP contribution in [-0.4, -0.2) is 49.3 Å². The first-order chi connectivity index (χ1) is 8.33. The molecule has 0 amide bonds. The van der Waals surface area contributed by atoms with E-state index in [1.165, 1.54) is 58.0 Å². The summed E-state index contributed by atoms with van der Waals surface area (Å²) < 4.78 is 6.11. The van der Waals surface area contributed by atoms with Crippen LogP contribution in [0.4, 0.5) is 0 Å². The fourth-order valence-corrected chi connectivity index (χ4v) is 4.14. The van der Waals surface area contributed by atoms with E-state index in [2.05, 4.69) is 17.3 Å². The van der Waals surface area contributed by atoms with Gasteiger partial charge in [-0.25, -0.2) is 0 Å². The molecule has 0 bridgehead atoms. The smallest absolute Gasteiger partial charge is 0.0699 e. The third-order valence-electron chi connectivity index (χ3n) is 5.12. The molecule has 3 nitrogen and oxygen atoms in total. The summed E-state index contributed by atoms with van der Waals surface area (Å²) in [6.07, 6.45) is 9.17. The molecule has 0 aromatic heterocycles. The molecule has 3 unspecified atom stereocenters. The van der Waals surface area contributed by atoms with Crippen LogP contribution in [0.1, 0.15) is 44.9 Å². The molecule has 2 heterocycles. The predicted molar refractivity (Wildman–Crippen MR) is 69.2 cm³/mol. The highest BCUT2D eigenvalue weighted by Crippen LogP contribution is 2.41. The minimum absolute atomic E-state index is 0.251. The quantitative estimate of drug-likeness (QED) is 0.793. The molecule has 2 aliphatic heterocycles. The van der Waals surface area contributed by atoms with Crippen molar-refractivity contribution in [2.75, 3.05) is 26.7 Å². The second-order valence-electron chi connectivity index (χ2n) is 6.08. The van der Waals surface area contributed by atoms with E-state index < -0.39 is 0 Å². The molecule has 1 spiro atoms. The number of likely N-dealkylation sites (tertiary alicyclic amines) is 1. The summed E-state index contributed by atoms with van der Waals surface area (Å²) in [5.41, 5.74) is 0.251. The summed E-state index contributed by atoms with van der Waals surface area (Å²) in [5, 5.41) is 3.54. The number of nitrogens with one attached hydrogen (secondary N) is 1. The van der Waals surface area contributed by atoms with E-state index in [0.29, 0.717) is 12.1 Å². The number of hydrogen-bond acceptors (Lipinski definition) is 3. The van der Waals surface area contributed by atoms with Crippen LogP contribution in [0, 0.1) is 0 Å². The number of rotatable bonds is 2. The Morgan fingerprint density at radius 2 is 2.00 bits per heavy atom. The van der Waals surface area contributed by atoms with Gasteiger partial charge in [-0.2, -0.15) is 0 Å². The molecule has 2 saturated heterocycles. The lowest BCUT2D eigenvalue weighted by atomic mass is 9.77. The molecule has 0 aromatic rings. The monoisotopic (exact) mass is 238 g/mol. The standard InChI is InChI=1S/C14H26N2O/c1-15-12-5-7-14(6-4-10-17-14)11-13(12)16-8-2-3-9-16/h12-13,15H,2-11H2,1H3. The van der Waals surface area contributed by atoms with Gasteiger partial charge in [0.1, 0.15) is 0 Å². The molecule has 3 aliphatic rings. The third-order valence-corrected chi connectivity index (χ3v) is 5.12. The maximum absolute atomic E-state index is 6.11. The molecular weight excluding hydrogens is 212 g/mol. The topological polar surface area (TPSA) is 24.5 Å². The molecule has 1 saturated carbocycles. The van der Waals surface area contributed by atoms with Gasteiger partial charge in [0, 0.05) is 18.7 Å². The highest BCUT2D eigenvalue weighted by atomic mass is 16.5. The molecule has 3 atom stereocenters. The van der Waals surface area contributed by atoms with Crippen molar-refractivity contribution in [1.29, 1.82) is 0 Å². The molecule has 17 heavy (non-hydrogen) atoms. The number of ether oxygens (including phenoxy) is 1. The van der Waals surface area contributed by atoms with E-state index in [9.17, 15) is 0 Å². The Kier molecular flexibility index (Phi) is 3.42. The average Bonchev–Trinajstić information content (AvgIpc) is 3.00. The summed E-state index contributed by atoms with van der Waals surface area (Å²) in [6.45, 7) is 3.61. The van der Waals surface area contributed by atoms with Crippen LogP contribution in [0.15, 0.2) is 0 Å². The molecule has 98 valence electrons. The maximum Gasteiger partial charge on any atom is 0.0699 e. The molecule has 3 fully saturated rings. The molecule has 3 rings (SSSR count). The number of likely N-dealkylation sites (N-methyl/N-ethyl adjacent to an activating group) is 1. The predicted octanol–water partition coefficient (Wildman–Crippen LogP) is 1.77. The van der Waals surface area contributed by atoms with Crippen LogP contribution in [0.25, 0.3) is 0 Å². The molecule has 0 radical (unpaired) electrons. The zero-order valence-corrected chi connectivity index (χ0v) is 11.1. The summed E-state index contributed by atoms with van der Waals surface area (Å²) in [7, 11) is 2.13. The zero-order chi connectivity index (χ0) is 11.7. The van der Waals surface area contributed by atoms with Gasteiger partial charge in [-0.1, -0.05) is 0 Å². The summed E-state index contributed by atoms with van der Waals surface area (Å²) >= 11 is 0. The largest absolute Gasteiger partial charge is 0.375 e. The van der Waals surface area contributed by atoms with Crippen molar-refractivity contribution < 1.29 is 4.74 Å². The summed E-state index contributed by atoms with van der Waals surface area (Å²) in [5.74, 6) is 0. The van der Waals surface area contributed by atoms with Gasteiger partial charge in [0.2, 0.25) is 0 Å². The minimum atomic E-state index is 0.251. The van der Waals surface area contributed by atoms with E-state index in [1.54, 1.807) is 0 Å². The van der Waals surface area contributed by atoms with Crippen molar-refractivity contribution in [1.82, 2.24) is 10.2 Å². The van der Waals surface area contributed by atoms with Crippen molar-refractivity contribution in [2.24, 2.45) is 0 Å². The van der Waals surface area contributed by atoms with Crippen LogP contribution in [0.5, 0.6) is 0 Å². The van der Waals surface area contributed by atoms with E-state index in [0.717, 1.165) is 6.61 Å². The van der Waals surface area contributed by atoms with Crippen molar-refractivity contribution >= 4 is 0 Å². The molecule has 0 aromatic carbocycles. The van der Waals surface area contributed by atoms with Gasteiger partial charge in [-0.15, -0.1) is 0 Å². The molecule has 1 N–H and O–H groups in total. The maximum atomic E-state index is 6.11. The van der Waals surface area contributed by atoms with Crippen molar-refractivity contribution in [3.8, 4) is 0 Å². The van der Waals surface area contributed by atoms with Gasteiger partial charge in [0.15, 0.2) is 0 Å². The zero-order valence-electron chi connectivity index (χ0n) is 11.1. The Morgan fingerprint density at radius 3 is 2.65 bits per heavy atom. The third kappa shape index (κ3) is 2.25.